The minimum atomic E-state index is -3.26. The van der Waals surface area contributed by atoms with Crippen LogP contribution in [0.5, 0.6) is 0 Å². The van der Waals surface area contributed by atoms with Crippen molar-refractivity contribution in [2.45, 2.75) is 6.92 Å². The molecule has 96 valence electrons. The van der Waals surface area contributed by atoms with E-state index >= 15 is 0 Å². The van der Waals surface area contributed by atoms with E-state index in [0.29, 0.717) is 25.6 Å². The van der Waals surface area contributed by atoms with E-state index in [1.165, 1.54) is 4.31 Å². The second-order valence-electron chi connectivity index (χ2n) is 4.06. The van der Waals surface area contributed by atoms with Crippen LogP contribution >= 0.6 is 11.8 Å². The van der Waals surface area contributed by atoms with Crippen LogP contribution < -0.4 is 10.0 Å². The van der Waals surface area contributed by atoms with Gasteiger partial charge in [-0.05, 0) is 17.9 Å². The van der Waals surface area contributed by atoms with Crippen LogP contribution in [-0.4, -0.2) is 57.5 Å². The summed E-state index contributed by atoms with van der Waals surface area (Å²) in [7, 11) is -3.26. The van der Waals surface area contributed by atoms with Crippen LogP contribution in [0.2, 0.25) is 0 Å². The molecule has 1 aliphatic heterocycles. The number of thioether (sulfide) groups is 1. The Kier molecular flexibility index (Phi) is 6.06. The second-order valence-corrected chi connectivity index (χ2v) is 6.73. The monoisotopic (exact) mass is 267 g/mol. The molecule has 0 radical (unpaired) electrons. The first kappa shape index (κ1) is 14.2. The van der Waals surface area contributed by atoms with Crippen LogP contribution in [-0.2, 0) is 10.2 Å². The van der Waals surface area contributed by atoms with Gasteiger partial charge < -0.3 is 5.32 Å². The van der Waals surface area contributed by atoms with E-state index in [2.05, 4.69) is 17.0 Å². The van der Waals surface area contributed by atoms with Crippen molar-refractivity contribution >= 4 is 22.0 Å². The Hall–Kier alpha value is 0.180. The van der Waals surface area contributed by atoms with Gasteiger partial charge in [-0.2, -0.15) is 24.5 Å². The molecule has 16 heavy (non-hydrogen) atoms. The topological polar surface area (TPSA) is 61.4 Å². The van der Waals surface area contributed by atoms with Crippen molar-refractivity contribution in [2.75, 3.05) is 44.7 Å². The van der Waals surface area contributed by atoms with Gasteiger partial charge in [0.25, 0.3) is 10.2 Å². The van der Waals surface area contributed by atoms with Crippen LogP contribution in [0.4, 0.5) is 0 Å². The first-order chi connectivity index (χ1) is 7.56. The molecule has 1 fully saturated rings. The third-order valence-electron chi connectivity index (χ3n) is 2.48. The lowest BCUT2D eigenvalue weighted by molar-refractivity contribution is 0.353. The number of piperazine rings is 1. The Morgan fingerprint density at radius 3 is 2.62 bits per heavy atom. The molecular formula is C9H21N3O2S2. The summed E-state index contributed by atoms with van der Waals surface area (Å²) in [6, 6.07) is 0. The summed E-state index contributed by atoms with van der Waals surface area (Å²) >= 11 is 1.74. The molecule has 0 spiro atoms. The predicted octanol–water partition coefficient (Wildman–Crippen LogP) is -0.275. The lowest BCUT2D eigenvalue weighted by atomic mass is 10.2. The fourth-order valence-electron chi connectivity index (χ4n) is 1.57. The first-order valence-corrected chi connectivity index (χ1v) is 8.34. The summed E-state index contributed by atoms with van der Waals surface area (Å²) in [4.78, 5) is 0. The molecule has 1 unspecified atom stereocenters. The van der Waals surface area contributed by atoms with Gasteiger partial charge in [-0.25, -0.2) is 4.72 Å². The molecule has 0 aliphatic carbocycles. The molecule has 1 saturated heterocycles. The van der Waals surface area contributed by atoms with Gasteiger partial charge >= 0.3 is 0 Å². The molecule has 1 rings (SSSR count). The molecule has 0 aromatic heterocycles. The number of nitrogens with zero attached hydrogens (tertiary/aromatic N) is 1. The van der Waals surface area contributed by atoms with Crippen molar-refractivity contribution in [2.24, 2.45) is 5.92 Å². The third-order valence-corrected chi connectivity index (χ3v) is 4.96. The SMILES string of the molecule is CSCC(C)CNS(=O)(=O)N1CCNCC1. The molecule has 7 heteroatoms. The summed E-state index contributed by atoms with van der Waals surface area (Å²) in [5.74, 6) is 1.34. The normalized spacial score (nSPS) is 20.9. The van der Waals surface area contributed by atoms with Gasteiger partial charge in [0.2, 0.25) is 0 Å². The lowest BCUT2D eigenvalue weighted by Crippen LogP contribution is -2.51. The van der Waals surface area contributed by atoms with E-state index in [1.54, 1.807) is 11.8 Å². The highest BCUT2D eigenvalue weighted by molar-refractivity contribution is 7.98. The van der Waals surface area contributed by atoms with Gasteiger partial charge in [-0.15, -0.1) is 0 Å². The molecular weight excluding hydrogens is 246 g/mol. The molecule has 0 aromatic carbocycles. The molecule has 0 bridgehead atoms. The molecule has 0 amide bonds. The Labute approximate surface area is 103 Å². The van der Waals surface area contributed by atoms with E-state index in [4.69, 9.17) is 0 Å². The molecule has 5 nitrogen and oxygen atoms in total. The largest absolute Gasteiger partial charge is 0.314 e. The number of rotatable bonds is 6. The van der Waals surface area contributed by atoms with Crippen LogP contribution in [0.25, 0.3) is 0 Å². The van der Waals surface area contributed by atoms with Crippen molar-refractivity contribution in [3.05, 3.63) is 0 Å². The zero-order chi connectivity index (χ0) is 12.0. The standard InChI is InChI=1S/C9H21N3O2S2/c1-9(8-15-2)7-11-16(13,14)12-5-3-10-4-6-12/h9-11H,3-8H2,1-2H3. The second kappa shape index (κ2) is 6.80. The number of hydrogen-bond acceptors (Lipinski definition) is 4. The summed E-state index contributed by atoms with van der Waals surface area (Å²) < 4.78 is 27.9. The van der Waals surface area contributed by atoms with Gasteiger partial charge in [-0.3, -0.25) is 0 Å². The minimum absolute atomic E-state index is 0.368. The van der Waals surface area contributed by atoms with E-state index in [0.717, 1.165) is 18.8 Å². The van der Waals surface area contributed by atoms with Gasteiger partial charge in [0, 0.05) is 32.7 Å². The van der Waals surface area contributed by atoms with Crippen LogP contribution in [0.1, 0.15) is 6.92 Å². The van der Waals surface area contributed by atoms with E-state index in [9.17, 15) is 8.42 Å². The van der Waals surface area contributed by atoms with E-state index < -0.39 is 10.2 Å². The Morgan fingerprint density at radius 1 is 1.44 bits per heavy atom. The molecule has 2 N–H and O–H groups in total. The van der Waals surface area contributed by atoms with Gasteiger partial charge in [0.05, 0.1) is 0 Å². The molecule has 0 saturated carbocycles. The fraction of sp³-hybridized carbons (Fsp3) is 1.00. The van der Waals surface area contributed by atoms with Crippen molar-refractivity contribution < 1.29 is 8.42 Å². The van der Waals surface area contributed by atoms with Crippen molar-refractivity contribution in [3.63, 3.8) is 0 Å². The fourth-order valence-corrected chi connectivity index (χ4v) is 3.59. The third kappa shape index (κ3) is 4.58. The Balaban J connectivity index is 2.38. The Bertz CT molecular complexity index is 289. The molecule has 1 heterocycles. The van der Waals surface area contributed by atoms with E-state index in [-0.39, 0.29) is 0 Å². The zero-order valence-corrected chi connectivity index (χ0v) is 11.5. The average molecular weight is 267 g/mol. The van der Waals surface area contributed by atoms with Crippen LogP contribution in [0.15, 0.2) is 0 Å². The molecule has 0 aromatic rings. The molecule has 1 aliphatic rings. The maximum Gasteiger partial charge on any atom is 0.279 e. The van der Waals surface area contributed by atoms with E-state index in [1.807, 2.05) is 6.26 Å². The summed E-state index contributed by atoms with van der Waals surface area (Å²) in [6.07, 6.45) is 2.03. The highest BCUT2D eigenvalue weighted by Gasteiger charge is 2.23. The summed E-state index contributed by atoms with van der Waals surface area (Å²) in [5.41, 5.74) is 0. The van der Waals surface area contributed by atoms with Crippen molar-refractivity contribution in [1.29, 1.82) is 0 Å². The predicted molar refractivity (Wildman–Crippen MR) is 68.9 cm³/mol. The van der Waals surface area contributed by atoms with Crippen molar-refractivity contribution in [1.82, 2.24) is 14.3 Å². The Morgan fingerprint density at radius 2 is 2.06 bits per heavy atom. The average Bonchev–Trinajstić information content (AvgIpc) is 2.28. The van der Waals surface area contributed by atoms with Crippen molar-refractivity contribution in [3.8, 4) is 0 Å². The maximum atomic E-state index is 11.9. The highest BCUT2D eigenvalue weighted by atomic mass is 32.2. The first-order valence-electron chi connectivity index (χ1n) is 5.50. The lowest BCUT2D eigenvalue weighted by Gasteiger charge is -2.27. The number of nitrogens with one attached hydrogen (secondary N) is 2. The van der Waals surface area contributed by atoms with Gasteiger partial charge in [0.15, 0.2) is 0 Å². The summed E-state index contributed by atoms with van der Waals surface area (Å²) in [5, 5.41) is 3.13. The van der Waals surface area contributed by atoms with Gasteiger partial charge in [0.1, 0.15) is 0 Å². The maximum absolute atomic E-state index is 11.9. The molecule has 1 atom stereocenters. The smallest absolute Gasteiger partial charge is 0.279 e. The van der Waals surface area contributed by atoms with Gasteiger partial charge in [-0.1, -0.05) is 6.92 Å². The minimum Gasteiger partial charge on any atom is -0.314 e. The number of hydrogen-bond donors (Lipinski definition) is 2. The highest BCUT2D eigenvalue weighted by Crippen LogP contribution is 2.05. The summed E-state index contributed by atoms with van der Waals surface area (Å²) in [6.45, 7) is 5.17. The zero-order valence-electron chi connectivity index (χ0n) is 9.90. The van der Waals surface area contributed by atoms with Crippen LogP contribution in [0, 0.1) is 5.92 Å². The van der Waals surface area contributed by atoms with Crippen LogP contribution in [0.3, 0.4) is 0 Å². The quantitative estimate of drug-likeness (QED) is 0.695.